The van der Waals surface area contributed by atoms with E-state index >= 15 is 0 Å². The predicted molar refractivity (Wildman–Crippen MR) is 60.3 cm³/mol. The number of aliphatic hydroxyl groups excluding tert-OH is 1. The van der Waals surface area contributed by atoms with E-state index in [9.17, 15) is 5.11 Å². The van der Waals surface area contributed by atoms with Gasteiger partial charge in [0.05, 0.1) is 0 Å². The molecule has 0 heterocycles. The van der Waals surface area contributed by atoms with E-state index in [2.05, 4.69) is 26.1 Å². The summed E-state index contributed by atoms with van der Waals surface area (Å²) in [5.41, 5.74) is 0. The third-order valence-corrected chi connectivity index (χ3v) is 3.57. The summed E-state index contributed by atoms with van der Waals surface area (Å²) < 4.78 is 0. The van der Waals surface area contributed by atoms with Gasteiger partial charge in [0.15, 0.2) is 0 Å². The van der Waals surface area contributed by atoms with E-state index in [4.69, 9.17) is 0 Å². The van der Waals surface area contributed by atoms with E-state index in [0.29, 0.717) is 30.5 Å². The molecule has 3 atom stereocenters. The van der Waals surface area contributed by atoms with Crippen LogP contribution in [0, 0.1) is 11.8 Å². The van der Waals surface area contributed by atoms with Gasteiger partial charge in [0.25, 0.3) is 0 Å². The van der Waals surface area contributed by atoms with Crippen molar-refractivity contribution in [1.82, 2.24) is 5.32 Å². The summed E-state index contributed by atoms with van der Waals surface area (Å²) in [4.78, 5) is 0. The molecule has 2 heteroatoms. The van der Waals surface area contributed by atoms with Crippen molar-refractivity contribution in [2.75, 3.05) is 6.61 Å². The third-order valence-electron chi connectivity index (χ3n) is 3.57. The largest absolute Gasteiger partial charge is 0.396 e. The Balaban J connectivity index is 2.41. The second-order valence-electron chi connectivity index (χ2n) is 4.91. The smallest absolute Gasteiger partial charge is 0.0474 e. The Morgan fingerprint density at radius 1 is 1.36 bits per heavy atom. The van der Waals surface area contributed by atoms with Crippen LogP contribution in [0.2, 0.25) is 0 Å². The second-order valence-corrected chi connectivity index (χ2v) is 4.91. The van der Waals surface area contributed by atoms with E-state index in [1.807, 2.05) is 0 Å². The summed E-state index contributed by atoms with van der Waals surface area (Å²) in [7, 11) is 0. The van der Waals surface area contributed by atoms with Crippen molar-refractivity contribution < 1.29 is 5.11 Å². The first-order chi connectivity index (χ1) is 6.69. The van der Waals surface area contributed by atoms with E-state index in [1.165, 1.54) is 25.7 Å². The summed E-state index contributed by atoms with van der Waals surface area (Å²) in [6.45, 7) is 7.13. The van der Waals surface area contributed by atoms with Crippen molar-refractivity contribution in [3.8, 4) is 0 Å². The highest BCUT2D eigenvalue weighted by molar-refractivity contribution is 4.85. The summed E-state index contributed by atoms with van der Waals surface area (Å²) >= 11 is 0. The van der Waals surface area contributed by atoms with Crippen LogP contribution in [0.15, 0.2) is 0 Å². The van der Waals surface area contributed by atoms with Gasteiger partial charge in [-0.2, -0.15) is 0 Å². The molecule has 0 bridgehead atoms. The van der Waals surface area contributed by atoms with Crippen LogP contribution >= 0.6 is 0 Å². The van der Waals surface area contributed by atoms with Gasteiger partial charge in [-0.25, -0.2) is 0 Å². The molecule has 1 aliphatic carbocycles. The molecule has 0 aromatic rings. The molecule has 84 valence electrons. The Labute approximate surface area is 88.1 Å². The third kappa shape index (κ3) is 2.96. The van der Waals surface area contributed by atoms with Gasteiger partial charge in [-0.3, -0.25) is 0 Å². The fourth-order valence-electron chi connectivity index (χ4n) is 2.53. The molecule has 0 spiro atoms. The van der Waals surface area contributed by atoms with E-state index in [1.54, 1.807) is 0 Å². The van der Waals surface area contributed by atoms with Crippen LogP contribution in [-0.4, -0.2) is 23.8 Å². The van der Waals surface area contributed by atoms with Gasteiger partial charge in [-0.1, -0.05) is 27.2 Å². The molecule has 0 amide bonds. The lowest BCUT2D eigenvalue weighted by Crippen LogP contribution is -2.43. The molecule has 0 aliphatic heterocycles. The van der Waals surface area contributed by atoms with Gasteiger partial charge < -0.3 is 10.4 Å². The highest BCUT2D eigenvalue weighted by atomic mass is 16.3. The van der Waals surface area contributed by atoms with Gasteiger partial charge >= 0.3 is 0 Å². The van der Waals surface area contributed by atoms with Gasteiger partial charge in [-0.15, -0.1) is 0 Å². The maximum Gasteiger partial charge on any atom is 0.0474 e. The van der Waals surface area contributed by atoms with Crippen LogP contribution in [0.5, 0.6) is 0 Å². The van der Waals surface area contributed by atoms with Crippen LogP contribution in [0.25, 0.3) is 0 Å². The minimum Gasteiger partial charge on any atom is -0.396 e. The van der Waals surface area contributed by atoms with Crippen molar-refractivity contribution in [2.24, 2.45) is 11.8 Å². The lowest BCUT2D eigenvalue weighted by atomic mass is 9.97. The Hall–Kier alpha value is -0.0800. The second kappa shape index (κ2) is 5.72. The van der Waals surface area contributed by atoms with Gasteiger partial charge in [0.2, 0.25) is 0 Å². The lowest BCUT2D eigenvalue weighted by molar-refractivity contribution is 0.192. The average molecular weight is 199 g/mol. The van der Waals surface area contributed by atoms with Crippen LogP contribution in [0.1, 0.15) is 46.5 Å². The molecular formula is C12H25NO. The zero-order chi connectivity index (χ0) is 10.6. The van der Waals surface area contributed by atoms with Crippen LogP contribution in [-0.2, 0) is 0 Å². The van der Waals surface area contributed by atoms with Crippen molar-refractivity contribution >= 4 is 0 Å². The molecule has 1 fully saturated rings. The van der Waals surface area contributed by atoms with E-state index < -0.39 is 0 Å². The van der Waals surface area contributed by atoms with Crippen LogP contribution < -0.4 is 5.32 Å². The van der Waals surface area contributed by atoms with Crippen molar-refractivity contribution in [3.05, 3.63) is 0 Å². The molecule has 0 aromatic carbocycles. The fraction of sp³-hybridized carbons (Fsp3) is 1.00. The predicted octanol–water partition coefficient (Wildman–Crippen LogP) is 2.17. The normalized spacial score (nSPS) is 29.8. The zero-order valence-corrected chi connectivity index (χ0v) is 9.79. The highest BCUT2D eigenvalue weighted by Crippen LogP contribution is 2.26. The van der Waals surface area contributed by atoms with Gasteiger partial charge in [0, 0.05) is 18.7 Å². The maximum atomic E-state index is 9.22. The summed E-state index contributed by atoms with van der Waals surface area (Å²) in [5.74, 6) is 1.20. The molecule has 1 rings (SSSR count). The minimum atomic E-state index is 0.353. The number of hydrogen-bond acceptors (Lipinski definition) is 2. The SMILES string of the molecule is CCC(NC1CCCC1CO)C(C)C. The first-order valence-corrected chi connectivity index (χ1v) is 6.06. The molecule has 0 radical (unpaired) electrons. The maximum absolute atomic E-state index is 9.22. The zero-order valence-electron chi connectivity index (χ0n) is 9.79. The minimum absolute atomic E-state index is 0.353. The first-order valence-electron chi connectivity index (χ1n) is 6.06. The molecular weight excluding hydrogens is 174 g/mol. The monoisotopic (exact) mass is 199 g/mol. The summed E-state index contributed by atoms with van der Waals surface area (Å²) in [6.07, 6.45) is 4.90. The Morgan fingerprint density at radius 2 is 2.07 bits per heavy atom. The van der Waals surface area contributed by atoms with Crippen molar-refractivity contribution in [2.45, 2.75) is 58.5 Å². The first kappa shape index (κ1) is 12.0. The Kier molecular flexibility index (Phi) is 4.90. The van der Waals surface area contributed by atoms with Crippen LogP contribution in [0.3, 0.4) is 0 Å². The van der Waals surface area contributed by atoms with Crippen molar-refractivity contribution in [1.29, 1.82) is 0 Å². The topological polar surface area (TPSA) is 32.3 Å². The Bertz CT molecular complexity index is 158. The molecule has 14 heavy (non-hydrogen) atoms. The highest BCUT2D eigenvalue weighted by Gasteiger charge is 2.28. The summed E-state index contributed by atoms with van der Waals surface area (Å²) in [6, 6.07) is 1.18. The van der Waals surface area contributed by atoms with Crippen LogP contribution in [0.4, 0.5) is 0 Å². The number of aliphatic hydroxyl groups is 1. The standard InChI is InChI=1S/C12H25NO/c1-4-11(9(2)3)13-12-7-5-6-10(12)8-14/h9-14H,4-8H2,1-3H3. The summed E-state index contributed by atoms with van der Waals surface area (Å²) in [5, 5.41) is 12.9. The molecule has 1 saturated carbocycles. The molecule has 3 unspecified atom stereocenters. The van der Waals surface area contributed by atoms with Gasteiger partial charge in [-0.05, 0) is 31.1 Å². The lowest BCUT2D eigenvalue weighted by Gasteiger charge is -2.28. The number of nitrogens with one attached hydrogen (secondary N) is 1. The van der Waals surface area contributed by atoms with Crippen molar-refractivity contribution in [3.63, 3.8) is 0 Å². The van der Waals surface area contributed by atoms with E-state index in [-0.39, 0.29) is 0 Å². The van der Waals surface area contributed by atoms with Gasteiger partial charge in [0.1, 0.15) is 0 Å². The molecule has 2 N–H and O–H groups in total. The molecule has 1 aliphatic rings. The molecule has 0 saturated heterocycles. The average Bonchev–Trinajstić information content (AvgIpc) is 2.60. The fourth-order valence-corrected chi connectivity index (χ4v) is 2.53. The molecule has 2 nitrogen and oxygen atoms in total. The van der Waals surface area contributed by atoms with E-state index in [0.717, 1.165) is 0 Å². The Morgan fingerprint density at radius 3 is 2.57 bits per heavy atom. The molecule has 0 aromatic heterocycles. The quantitative estimate of drug-likeness (QED) is 0.711. The number of rotatable bonds is 5. The number of hydrogen-bond donors (Lipinski definition) is 2.